The van der Waals surface area contributed by atoms with E-state index in [-0.39, 0.29) is 66.9 Å². The molecule has 2 fully saturated rings. The summed E-state index contributed by atoms with van der Waals surface area (Å²) in [5.41, 5.74) is 9.28. The number of hydrogen-bond donors (Lipinski definition) is 2. The predicted molar refractivity (Wildman–Crippen MR) is 102 cm³/mol. The van der Waals surface area contributed by atoms with E-state index in [0.717, 1.165) is 19.3 Å². The standard InChI is InChI=1S/C20H36N2O8.Pt/c21-16(22)19(4-2-1-3-5-19)15-14-20(17(23)24,18(25)26)6-7-27-8-9-28-10-11-29-12-13-30-15;/h15-16H,1-14,21-22H2,(H,23,24)(H,25,26);/q;+2/p-2. The van der Waals surface area contributed by atoms with Crippen molar-refractivity contribution in [1.82, 2.24) is 0 Å². The zero-order valence-corrected chi connectivity index (χ0v) is 20.1. The topological polar surface area (TPSA) is 169 Å². The minimum absolute atomic E-state index is 0. The first-order valence-electron chi connectivity index (χ1n) is 10.6. The van der Waals surface area contributed by atoms with Gasteiger partial charge in [0.25, 0.3) is 0 Å². The fourth-order valence-corrected chi connectivity index (χ4v) is 4.42. The third kappa shape index (κ3) is 7.45. The van der Waals surface area contributed by atoms with Gasteiger partial charge in [0.05, 0.1) is 69.3 Å². The molecule has 0 amide bonds. The first kappa shape index (κ1) is 28.4. The molecule has 1 aliphatic heterocycles. The molecule has 4 N–H and O–H groups in total. The molecule has 0 bridgehead atoms. The van der Waals surface area contributed by atoms with E-state index >= 15 is 0 Å². The first-order chi connectivity index (χ1) is 14.3. The van der Waals surface area contributed by atoms with E-state index in [9.17, 15) is 19.8 Å². The molecule has 0 aromatic rings. The maximum Gasteiger partial charge on any atom is 2.00 e. The van der Waals surface area contributed by atoms with Crippen molar-refractivity contribution in [2.75, 3.05) is 46.2 Å². The van der Waals surface area contributed by atoms with Gasteiger partial charge in [-0.3, -0.25) is 0 Å². The van der Waals surface area contributed by atoms with Gasteiger partial charge in [0.2, 0.25) is 0 Å². The molecule has 0 aromatic heterocycles. The Labute approximate surface area is 197 Å². The fourth-order valence-electron chi connectivity index (χ4n) is 4.42. The van der Waals surface area contributed by atoms with Crippen LogP contribution in [0.15, 0.2) is 0 Å². The van der Waals surface area contributed by atoms with Crippen LogP contribution in [-0.4, -0.2) is 70.5 Å². The second-order valence-electron chi connectivity index (χ2n) is 8.13. The number of carbonyl (C=O) groups excluding carboxylic acids is 2. The number of nitrogens with two attached hydrogens (primary N) is 2. The van der Waals surface area contributed by atoms with E-state index in [1.165, 1.54) is 0 Å². The second-order valence-corrected chi connectivity index (χ2v) is 8.13. The molecule has 0 spiro atoms. The maximum absolute atomic E-state index is 12.1. The van der Waals surface area contributed by atoms with E-state index in [1.54, 1.807) is 0 Å². The Morgan fingerprint density at radius 2 is 1.26 bits per heavy atom. The van der Waals surface area contributed by atoms with E-state index in [2.05, 4.69) is 0 Å². The largest absolute Gasteiger partial charge is 2.00 e. The Bertz CT molecular complexity index is 543. The monoisotopic (exact) mass is 625 g/mol. The number of carbonyl (C=O) groups is 2. The van der Waals surface area contributed by atoms with Gasteiger partial charge in [-0.25, -0.2) is 0 Å². The summed E-state index contributed by atoms with van der Waals surface area (Å²) >= 11 is 0. The normalized spacial score (nSPS) is 26.1. The van der Waals surface area contributed by atoms with Crippen molar-refractivity contribution < 1.29 is 59.8 Å². The SMILES string of the molecule is NC(N)C1(C2CC(C(=O)[O-])(C(=O)[O-])CCOCCOCCOCCO2)CCCCC1.[Pt+2]. The van der Waals surface area contributed by atoms with Gasteiger partial charge in [-0.15, -0.1) is 0 Å². The van der Waals surface area contributed by atoms with Crippen LogP contribution in [0.25, 0.3) is 0 Å². The Morgan fingerprint density at radius 3 is 1.74 bits per heavy atom. The molecular weight excluding hydrogens is 591 g/mol. The van der Waals surface area contributed by atoms with Gasteiger partial charge >= 0.3 is 21.1 Å². The van der Waals surface area contributed by atoms with Crippen molar-refractivity contribution in [2.24, 2.45) is 22.3 Å². The Hall–Kier alpha value is -0.612. The van der Waals surface area contributed by atoms with Crippen molar-refractivity contribution in [2.45, 2.75) is 57.2 Å². The third-order valence-electron chi connectivity index (χ3n) is 6.37. The summed E-state index contributed by atoms with van der Waals surface area (Å²) in [5, 5.41) is 24.1. The molecular formula is C20H34N2O8Pt. The summed E-state index contributed by atoms with van der Waals surface area (Å²) < 4.78 is 22.2. The van der Waals surface area contributed by atoms with E-state index < -0.39 is 35.0 Å². The van der Waals surface area contributed by atoms with Gasteiger partial charge in [0, 0.05) is 12.0 Å². The maximum atomic E-state index is 12.1. The molecule has 10 nitrogen and oxygen atoms in total. The van der Waals surface area contributed by atoms with E-state index in [1.807, 2.05) is 0 Å². The molecule has 0 aromatic carbocycles. The number of ether oxygens (including phenoxy) is 4. The van der Waals surface area contributed by atoms with Gasteiger partial charge in [-0.05, 0) is 25.7 Å². The Balaban J connectivity index is 0.00000480. The van der Waals surface area contributed by atoms with E-state index in [4.69, 9.17) is 30.4 Å². The molecule has 0 radical (unpaired) electrons. The van der Waals surface area contributed by atoms with Crippen LogP contribution in [0.5, 0.6) is 0 Å². The zero-order valence-electron chi connectivity index (χ0n) is 17.8. The molecule has 11 heteroatoms. The number of carboxylic acids is 2. The van der Waals surface area contributed by atoms with Crippen LogP contribution >= 0.6 is 0 Å². The van der Waals surface area contributed by atoms with Crippen LogP contribution in [0.2, 0.25) is 0 Å². The van der Waals surface area contributed by atoms with Gasteiger partial charge in [-0.2, -0.15) is 0 Å². The molecule has 1 aliphatic carbocycles. The molecule has 2 rings (SSSR count). The summed E-state index contributed by atoms with van der Waals surface area (Å²) in [7, 11) is 0. The molecule has 2 aliphatic rings. The predicted octanol–water partition coefficient (Wildman–Crippen LogP) is -2.11. The molecule has 31 heavy (non-hydrogen) atoms. The molecule has 1 heterocycles. The van der Waals surface area contributed by atoms with Crippen LogP contribution in [0, 0.1) is 10.8 Å². The van der Waals surface area contributed by atoms with Crippen LogP contribution in [0.4, 0.5) is 0 Å². The quantitative estimate of drug-likeness (QED) is 0.261. The number of carboxylic acid groups (broad SMARTS) is 2. The summed E-state index contributed by atoms with van der Waals surface area (Å²) in [6, 6.07) is 0. The summed E-state index contributed by atoms with van der Waals surface area (Å²) in [6.45, 7) is 1.53. The average Bonchev–Trinajstić information content (AvgIpc) is 2.72. The van der Waals surface area contributed by atoms with Gasteiger partial charge in [0.1, 0.15) is 0 Å². The Morgan fingerprint density at radius 1 is 0.774 bits per heavy atom. The minimum Gasteiger partial charge on any atom is -0.549 e. The number of aliphatic carboxylic acids is 2. The smallest absolute Gasteiger partial charge is 0.549 e. The molecule has 1 atom stereocenters. The van der Waals surface area contributed by atoms with Crippen molar-refractivity contribution in [3.8, 4) is 0 Å². The van der Waals surface area contributed by atoms with Crippen LogP contribution in [-0.2, 0) is 49.6 Å². The second kappa shape index (κ2) is 13.8. The molecule has 1 saturated heterocycles. The summed E-state index contributed by atoms with van der Waals surface area (Å²) in [6.07, 6.45) is 1.68. The Kier molecular flexibility index (Phi) is 12.7. The summed E-state index contributed by atoms with van der Waals surface area (Å²) in [5.74, 6) is -3.46. The first-order valence-corrected chi connectivity index (χ1v) is 10.6. The minimum atomic E-state index is -2.29. The van der Waals surface area contributed by atoms with Crippen LogP contribution in [0.1, 0.15) is 44.9 Å². The van der Waals surface area contributed by atoms with Crippen molar-refractivity contribution in [3.63, 3.8) is 0 Å². The van der Waals surface area contributed by atoms with Gasteiger partial charge in [-0.1, -0.05) is 19.3 Å². The molecule has 1 unspecified atom stereocenters. The number of hydrogen-bond acceptors (Lipinski definition) is 10. The third-order valence-corrected chi connectivity index (χ3v) is 6.37. The van der Waals surface area contributed by atoms with Crippen molar-refractivity contribution in [3.05, 3.63) is 0 Å². The van der Waals surface area contributed by atoms with Crippen molar-refractivity contribution >= 4 is 11.9 Å². The molecule has 1 saturated carbocycles. The van der Waals surface area contributed by atoms with Gasteiger partial charge in [0.15, 0.2) is 0 Å². The zero-order chi connectivity index (χ0) is 22.0. The average molecular weight is 626 g/mol. The molecule has 182 valence electrons. The number of rotatable bonds is 4. The van der Waals surface area contributed by atoms with Crippen LogP contribution < -0.4 is 21.7 Å². The van der Waals surface area contributed by atoms with Gasteiger partial charge < -0.3 is 50.2 Å². The van der Waals surface area contributed by atoms with E-state index in [0.29, 0.717) is 26.1 Å². The van der Waals surface area contributed by atoms with Crippen molar-refractivity contribution in [1.29, 1.82) is 0 Å². The fraction of sp³-hybridized carbons (Fsp3) is 0.900. The van der Waals surface area contributed by atoms with Crippen LogP contribution in [0.3, 0.4) is 0 Å². The summed E-state index contributed by atoms with van der Waals surface area (Å²) in [4.78, 5) is 24.1.